The van der Waals surface area contributed by atoms with E-state index in [1.165, 1.54) is 28.4 Å². The molecule has 4 aromatic rings. The molecule has 0 saturated heterocycles. The molecule has 2 amide bonds. The number of nitrogens with one attached hydrogen (secondary N) is 2. The minimum atomic E-state index is -0.986. The van der Waals surface area contributed by atoms with Crippen molar-refractivity contribution in [3.63, 3.8) is 0 Å². The van der Waals surface area contributed by atoms with Gasteiger partial charge in [-0.05, 0) is 54.8 Å². The number of aryl methyl sites for hydroxylation is 1. The molecule has 0 spiro atoms. The summed E-state index contributed by atoms with van der Waals surface area (Å²) in [5.74, 6) is -1.10. The van der Waals surface area contributed by atoms with Crippen molar-refractivity contribution in [2.75, 3.05) is 20.7 Å². The Morgan fingerprint density at radius 2 is 1.83 bits per heavy atom. The van der Waals surface area contributed by atoms with Crippen LogP contribution in [0.1, 0.15) is 42.5 Å². The van der Waals surface area contributed by atoms with Crippen LogP contribution in [0.15, 0.2) is 78.2 Å². The van der Waals surface area contributed by atoms with Gasteiger partial charge in [-0.25, -0.2) is 9.37 Å². The van der Waals surface area contributed by atoms with E-state index < -0.39 is 23.9 Å². The molecule has 0 radical (unpaired) electrons. The quantitative estimate of drug-likeness (QED) is 0.214. The smallest absolute Gasteiger partial charge is 0.254 e. The van der Waals surface area contributed by atoms with Crippen LogP contribution in [0, 0.1) is 12.7 Å². The standard InChI is InChI=1S/C32H35FN4O4S/c1-21-20-42-30(35-21)19-37(2)32(40)24-12-13-27(33)26(16-24)31(39)36-28(15-22-8-5-4-6-9-22)29(38)18-34-17-23-10-7-11-25(14-23)41-3/h4-14,16,20,28-29,34,38H,15,17-19H2,1-3H3,(H,36,39)/t28-,29+/m0/s1. The highest BCUT2D eigenvalue weighted by Crippen LogP contribution is 2.17. The van der Waals surface area contributed by atoms with Crippen LogP contribution >= 0.6 is 11.3 Å². The third kappa shape index (κ3) is 8.45. The fraction of sp³-hybridized carbons (Fsp3) is 0.281. The van der Waals surface area contributed by atoms with Gasteiger partial charge in [-0.3, -0.25) is 9.59 Å². The highest BCUT2D eigenvalue weighted by molar-refractivity contribution is 7.09. The molecule has 1 aromatic heterocycles. The zero-order valence-corrected chi connectivity index (χ0v) is 24.7. The van der Waals surface area contributed by atoms with E-state index in [2.05, 4.69) is 15.6 Å². The summed E-state index contributed by atoms with van der Waals surface area (Å²) < 4.78 is 20.2. The molecule has 8 nitrogen and oxygen atoms in total. The summed E-state index contributed by atoms with van der Waals surface area (Å²) in [6.07, 6.45) is -0.661. The molecule has 10 heteroatoms. The lowest BCUT2D eigenvalue weighted by Crippen LogP contribution is -2.48. The number of thiazole rings is 1. The van der Waals surface area contributed by atoms with Gasteiger partial charge in [0.25, 0.3) is 11.8 Å². The molecule has 42 heavy (non-hydrogen) atoms. The third-order valence-electron chi connectivity index (χ3n) is 6.74. The second-order valence-electron chi connectivity index (χ2n) is 10.1. The Kier molecular flexibility index (Phi) is 10.8. The predicted molar refractivity (Wildman–Crippen MR) is 161 cm³/mol. The van der Waals surface area contributed by atoms with E-state index in [4.69, 9.17) is 4.74 Å². The van der Waals surface area contributed by atoms with Crippen LogP contribution in [0.3, 0.4) is 0 Å². The van der Waals surface area contributed by atoms with Gasteiger partial charge in [0.05, 0.1) is 31.4 Å². The zero-order chi connectivity index (χ0) is 30.1. The molecule has 1 heterocycles. The summed E-state index contributed by atoms with van der Waals surface area (Å²) in [5.41, 5.74) is 2.66. The highest BCUT2D eigenvalue weighted by Gasteiger charge is 2.25. The number of methoxy groups -OCH3 is 1. The number of aliphatic hydroxyl groups is 1. The summed E-state index contributed by atoms with van der Waals surface area (Å²) in [4.78, 5) is 32.3. The number of carbonyl (C=O) groups is 2. The van der Waals surface area contributed by atoms with Crippen LogP contribution in [0.2, 0.25) is 0 Å². The second-order valence-corrected chi connectivity index (χ2v) is 11.0. The maximum absolute atomic E-state index is 14.9. The van der Waals surface area contributed by atoms with Gasteiger partial charge in [0, 0.05) is 36.8 Å². The van der Waals surface area contributed by atoms with Crippen LogP contribution in [0.5, 0.6) is 5.75 Å². The van der Waals surface area contributed by atoms with Gasteiger partial charge in [0.15, 0.2) is 0 Å². The number of hydrogen-bond donors (Lipinski definition) is 3. The Morgan fingerprint density at radius 3 is 2.55 bits per heavy atom. The van der Waals surface area contributed by atoms with Crippen molar-refractivity contribution in [2.45, 2.75) is 38.6 Å². The van der Waals surface area contributed by atoms with E-state index in [1.807, 2.05) is 66.9 Å². The van der Waals surface area contributed by atoms with E-state index >= 15 is 0 Å². The van der Waals surface area contributed by atoms with Crippen molar-refractivity contribution in [1.82, 2.24) is 20.5 Å². The lowest BCUT2D eigenvalue weighted by atomic mass is 10.00. The van der Waals surface area contributed by atoms with E-state index in [-0.39, 0.29) is 23.6 Å². The van der Waals surface area contributed by atoms with Gasteiger partial charge < -0.3 is 25.4 Å². The van der Waals surface area contributed by atoms with Gasteiger partial charge >= 0.3 is 0 Å². The first-order chi connectivity index (χ1) is 20.2. The minimum Gasteiger partial charge on any atom is -0.497 e. The molecular formula is C32H35FN4O4S. The molecular weight excluding hydrogens is 555 g/mol. The Morgan fingerprint density at radius 1 is 1.07 bits per heavy atom. The van der Waals surface area contributed by atoms with Crippen molar-refractivity contribution in [3.8, 4) is 5.75 Å². The maximum atomic E-state index is 14.9. The summed E-state index contributed by atoms with van der Waals surface area (Å²) in [7, 11) is 3.23. The Labute approximate surface area is 249 Å². The summed E-state index contributed by atoms with van der Waals surface area (Å²) in [6, 6.07) is 20.0. The second kappa shape index (κ2) is 14.7. The van der Waals surface area contributed by atoms with Crippen LogP contribution in [0.4, 0.5) is 4.39 Å². The maximum Gasteiger partial charge on any atom is 0.254 e. The van der Waals surface area contributed by atoms with Gasteiger partial charge in [-0.15, -0.1) is 11.3 Å². The minimum absolute atomic E-state index is 0.178. The molecule has 0 bridgehead atoms. The molecule has 3 aromatic carbocycles. The van der Waals surface area contributed by atoms with Gasteiger partial charge in [0.2, 0.25) is 0 Å². The lowest BCUT2D eigenvalue weighted by molar-refractivity contribution is 0.0784. The normalized spacial score (nSPS) is 12.4. The van der Waals surface area contributed by atoms with Crippen molar-refractivity contribution in [1.29, 1.82) is 0 Å². The summed E-state index contributed by atoms with van der Waals surface area (Å²) >= 11 is 1.45. The fourth-order valence-corrected chi connectivity index (χ4v) is 5.31. The Bertz CT molecular complexity index is 1500. The molecule has 0 aliphatic rings. The number of aromatic nitrogens is 1. The first-order valence-corrected chi connectivity index (χ1v) is 14.4. The molecule has 2 atom stereocenters. The number of amides is 2. The average molecular weight is 591 g/mol. The Hall–Kier alpha value is -4.12. The molecule has 4 rings (SSSR count). The summed E-state index contributed by atoms with van der Waals surface area (Å²) in [6.45, 7) is 2.83. The Balaban J connectivity index is 1.46. The van der Waals surface area contributed by atoms with Crippen LogP contribution in [-0.4, -0.2) is 59.7 Å². The van der Waals surface area contributed by atoms with Crippen LogP contribution in [-0.2, 0) is 19.5 Å². The molecule has 0 aliphatic carbocycles. The van der Waals surface area contributed by atoms with E-state index in [0.717, 1.165) is 33.6 Å². The SMILES string of the molecule is COc1cccc(CNC[C@@H](O)[C@H](Cc2ccccc2)NC(=O)c2cc(C(=O)N(C)Cc3nc(C)cs3)ccc2F)c1. The first kappa shape index (κ1) is 30.8. The van der Waals surface area contributed by atoms with Crippen molar-refractivity contribution in [3.05, 3.63) is 117 Å². The van der Waals surface area contributed by atoms with Crippen LogP contribution < -0.4 is 15.4 Å². The molecule has 0 fully saturated rings. The monoisotopic (exact) mass is 590 g/mol. The topological polar surface area (TPSA) is 104 Å². The molecule has 0 aliphatic heterocycles. The average Bonchev–Trinajstić information content (AvgIpc) is 3.41. The van der Waals surface area contributed by atoms with Crippen molar-refractivity contribution >= 4 is 23.2 Å². The molecule has 3 N–H and O–H groups in total. The largest absolute Gasteiger partial charge is 0.497 e. The van der Waals surface area contributed by atoms with Crippen molar-refractivity contribution in [2.24, 2.45) is 0 Å². The number of hydrogen-bond acceptors (Lipinski definition) is 7. The van der Waals surface area contributed by atoms with E-state index in [0.29, 0.717) is 19.5 Å². The van der Waals surface area contributed by atoms with Gasteiger partial charge in [0.1, 0.15) is 16.6 Å². The fourth-order valence-electron chi connectivity index (χ4n) is 4.49. The lowest BCUT2D eigenvalue weighted by Gasteiger charge is -2.25. The number of halogens is 1. The number of aliphatic hydroxyl groups excluding tert-OH is 1. The third-order valence-corrected chi connectivity index (χ3v) is 7.69. The zero-order valence-electron chi connectivity index (χ0n) is 23.8. The molecule has 0 saturated carbocycles. The van der Waals surface area contributed by atoms with Crippen LogP contribution in [0.25, 0.3) is 0 Å². The number of ether oxygens (including phenoxy) is 1. The predicted octanol–water partition coefficient (Wildman–Crippen LogP) is 4.36. The van der Waals surface area contributed by atoms with E-state index in [9.17, 15) is 19.1 Å². The van der Waals surface area contributed by atoms with Gasteiger partial charge in [-0.1, -0.05) is 42.5 Å². The first-order valence-electron chi connectivity index (χ1n) is 13.6. The van der Waals surface area contributed by atoms with Gasteiger partial charge in [-0.2, -0.15) is 0 Å². The summed E-state index contributed by atoms with van der Waals surface area (Å²) in [5, 5.41) is 19.8. The number of nitrogens with zero attached hydrogens (tertiary/aromatic N) is 2. The van der Waals surface area contributed by atoms with Crippen molar-refractivity contribution < 1.29 is 23.8 Å². The molecule has 0 unspecified atom stereocenters. The molecule has 220 valence electrons. The number of carbonyl (C=O) groups excluding carboxylic acids is 2. The number of benzene rings is 3. The highest BCUT2D eigenvalue weighted by atomic mass is 32.1. The number of rotatable bonds is 13. The van der Waals surface area contributed by atoms with E-state index in [1.54, 1.807) is 14.2 Å².